The van der Waals surface area contributed by atoms with Gasteiger partial charge in [-0.3, -0.25) is 0 Å². The molecule has 134 valence electrons. The summed E-state index contributed by atoms with van der Waals surface area (Å²) in [4.78, 5) is 4.10. The summed E-state index contributed by atoms with van der Waals surface area (Å²) >= 11 is 12.0. The minimum absolute atomic E-state index is 0.0540. The first-order valence-corrected chi connectivity index (χ1v) is 8.85. The molecule has 2 heterocycles. The zero-order chi connectivity index (χ0) is 18.2. The van der Waals surface area contributed by atoms with Crippen LogP contribution in [0.1, 0.15) is 43.7 Å². The van der Waals surface area contributed by atoms with Gasteiger partial charge in [0.1, 0.15) is 11.2 Å². The Balaban J connectivity index is 2.30. The second kappa shape index (κ2) is 6.69. The number of aromatic nitrogens is 1. The second-order valence-electron chi connectivity index (χ2n) is 6.22. The Hall–Kier alpha value is -1.46. The lowest BCUT2D eigenvalue weighted by atomic mass is 9.68. The Morgan fingerprint density at radius 3 is 2.48 bits per heavy atom. The highest BCUT2D eigenvalue weighted by molar-refractivity contribution is 6.31. The van der Waals surface area contributed by atoms with Gasteiger partial charge in [-0.25, -0.2) is 4.98 Å². The van der Waals surface area contributed by atoms with Crippen molar-refractivity contribution in [1.29, 1.82) is 0 Å². The van der Waals surface area contributed by atoms with E-state index in [1.807, 2.05) is 6.92 Å². The molecule has 1 aromatic carbocycles. The number of hydrogen-bond acceptors (Lipinski definition) is 2. The number of alkyl halides is 3. The SMILES string of the molecule is CCCCCC1(C(F)(F)F)c2cc(Cl)ccc2Nc2ncc(Cl)cc21. The molecule has 25 heavy (non-hydrogen) atoms. The number of benzene rings is 1. The van der Waals surface area contributed by atoms with Crippen LogP contribution < -0.4 is 5.32 Å². The third-order valence-corrected chi connectivity index (χ3v) is 5.09. The van der Waals surface area contributed by atoms with E-state index in [2.05, 4.69) is 10.3 Å². The lowest BCUT2D eigenvalue weighted by Crippen LogP contribution is -2.46. The van der Waals surface area contributed by atoms with E-state index in [0.29, 0.717) is 18.5 Å². The van der Waals surface area contributed by atoms with E-state index in [4.69, 9.17) is 23.2 Å². The van der Waals surface area contributed by atoms with Gasteiger partial charge >= 0.3 is 6.18 Å². The van der Waals surface area contributed by atoms with E-state index in [0.717, 1.165) is 6.42 Å². The molecule has 1 atom stereocenters. The zero-order valence-corrected chi connectivity index (χ0v) is 15.1. The maximum absolute atomic E-state index is 14.5. The standard InChI is InChI=1S/C18H17Cl2F3N2/c1-2-3-4-7-17(18(21,22)23)13-8-11(19)5-6-15(13)25-16-14(17)9-12(20)10-24-16/h5-6,8-10H,2-4,7H2,1H3,(H,24,25). The van der Waals surface area contributed by atoms with Crippen LogP contribution in [0, 0.1) is 0 Å². The lowest BCUT2D eigenvalue weighted by Gasteiger charge is -2.42. The van der Waals surface area contributed by atoms with Crippen molar-refractivity contribution in [3.05, 3.63) is 51.6 Å². The third-order valence-electron chi connectivity index (χ3n) is 4.65. The van der Waals surface area contributed by atoms with Crippen LogP contribution in [-0.2, 0) is 5.41 Å². The van der Waals surface area contributed by atoms with Gasteiger partial charge in [-0.15, -0.1) is 0 Å². The predicted molar refractivity (Wildman–Crippen MR) is 95.0 cm³/mol. The minimum Gasteiger partial charge on any atom is -0.340 e. The van der Waals surface area contributed by atoms with Crippen molar-refractivity contribution < 1.29 is 13.2 Å². The monoisotopic (exact) mass is 388 g/mol. The summed E-state index contributed by atoms with van der Waals surface area (Å²) < 4.78 is 43.5. The fourth-order valence-corrected chi connectivity index (χ4v) is 3.80. The zero-order valence-electron chi connectivity index (χ0n) is 13.6. The summed E-state index contributed by atoms with van der Waals surface area (Å²) in [5.41, 5.74) is -1.62. The van der Waals surface area contributed by atoms with E-state index >= 15 is 0 Å². The molecule has 0 amide bonds. The molecule has 0 saturated heterocycles. The fourth-order valence-electron chi connectivity index (χ4n) is 3.47. The molecule has 3 rings (SSSR count). The highest BCUT2D eigenvalue weighted by Crippen LogP contribution is 2.57. The molecule has 0 spiro atoms. The van der Waals surface area contributed by atoms with Crippen LogP contribution in [0.3, 0.4) is 0 Å². The van der Waals surface area contributed by atoms with Gasteiger partial charge in [0.15, 0.2) is 0 Å². The molecule has 2 aromatic rings. The Morgan fingerprint density at radius 2 is 1.80 bits per heavy atom. The largest absolute Gasteiger partial charge is 0.402 e. The van der Waals surface area contributed by atoms with Gasteiger partial charge in [-0.05, 0) is 36.2 Å². The van der Waals surface area contributed by atoms with Crippen molar-refractivity contribution >= 4 is 34.7 Å². The molecule has 0 saturated carbocycles. The molecule has 0 aliphatic carbocycles. The molecule has 2 nitrogen and oxygen atoms in total. The van der Waals surface area contributed by atoms with Gasteiger partial charge in [0, 0.05) is 22.5 Å². The van der Waals surface area contributed by atoms with Crippen molar-refractivity contribution in [2.75, 3.05) is 5.32 Å². The maximum atomic E-state index is 14.5. The van der Waals surface area contributed by atoms with Crippen LogP contribution >= 0.6 is 23.2 Å². The Morgan fingerprint density at radius 1 is 1.08 bits per heavy atom. The van der Waals surface area contributed by atoms with Crippen molar-refractivity contribution in [3.63, 3.8) is 0 Å². The quantitative estimate of drug-likeness (QED) is 0.577. The highest BCUT2D eigenvalue weighted by atomic mass is 35.5. The van der Waals surface area contributed by atoms with Crippen LogP contribution in [0.2, 0.25) is 10.0 Å². The summed E-state index contributed by atoms with van der Waals surface area (Å²) in [6, 6.07) is 5.89. The molecule has 0 fully saturated rings. The average molecular weight is 389 g/mol. The highest BCUT2D eigenvalue weighted by Gasteiger charge is 2.60. The van der Waals surface area contributed by atoms with Gasteiger partial charge in [0.25, 0.3) is 0 Å². The van der Waals surface area contributed by atoms with Gasteiger partial charge in [-0.1, -0.05) is 49.4 Å². The Labute approximate surface area is 154 Å². The van der Waals surface area contributed by atoms with E-state index in [9.17, 15) is 13.2 Å². The summed E-state index contributed by atoms with van der Waals surface area (Å²) in [5.74, 6) is 0.188. The molecular formula is C18H17Cl2F3N2. The van der Waals surface area contributed by atoms with E-state index in [-0.39, 0.29) is 33.4 Å². The van der Waals surface area contributed by atoms with Crippen molar-refractivity contribution in [2.24, 2.45) is 0 Å². The van der Waals surface area contributed by atoms with Crippen molar-refractivity contribution in [1.82, 2.24) is 4.98 Å². The number of nitrogens with one attached hydrogen (secondary N) is 1. The lowest BCUT2D eigenvalue weighted by molar-refractivity contribution is -0.180. The van der Waals surface area contributed by atoms with Gasteiger partial charge in [-0.2, -0.15) is 13.2 Å². The molecule has 1 aliphatic heterocycles. The van der Waals surface area contributed by atoms with Gasteiger partial charge in [0.05, 0.1) is 5.02 Å². The second-order valence-corrected chi connectivity index (χ2v) is 7.10. The number of fused-ring (bicyclic) bond motifs is 2. The predicted octanol–water partition coefficient (Wildman–Crippen LogP) is 6.87. The molecule has 7 heteroatoms. The molecule has 1 N–H and O–H groups in total. The van der Waals surface area contributed by atoms with Gasteiger partial charge < -0.3 is 5.32 Å². The Kier molecular flexibility index (Phi) is 4.91. The van der Waals surface area contributed by atoms with Crippen LogP contribution in [0.5, 0.6) is 0 Å². The Bertz CT molecular complexity index is 739. The van der Waals surface area contributed by atoms with Crippen LogP contribution in [0.25, 0.3) is 0 Å². The number of nitrogens with zero attached hydrogens (tertiary/aromatic N) is 1. The number of anilines is 2. The topological polar surface area (TPSA) is 24.9 Å². The summed E-state index contributed by atoms with van der Waals surface area (Å²) in [7, 11) is 0. The van der Waals surface area contributed by atoms with E-state index < -0.39 is 11.6 Å². The molecule has 0 radical (unpaired) electrons. The number of rotatable bonds is 4. The molecule has 1 unspecified atom stereocenters. The molecule has 1 aromatic heterocycles. The van der Waals surface area contributed by atoms with E-state index in [1.165, 1.54) is 18.3 Å². The van der Waals surface area contributed by atoms with Crippen LogP contribution in [0.4, 0.5) is 24.7 Å². The summed E-state index contributed by atoms with van der Waals surface area (Å²) in [6.07, 6.45) is -1.26. The first kappa shape index (κ1) is 18.3. The van der Waals surface area contributed by atoms with E-state index in [1.54, 1.807) is 12.1 Å². The van der Waals surface area contributed by atoms with Gasteiger partial charge in [0.2, 0.25) is 0 Å². The number of unbranched alkanes of at least 4 members (excludes halogenated alkanes) is 2. The van der Waals surface area contributed by atoms with Crippen LogP contribution in [0.15, 0.2) is 30.5 Å². The normalized spacial score (nSPS) is 19.1. The first-order valence-electron chi connectivity index (χ1n) is 8.09. The van der Waals surface area contributed by atoms with Crippen molar-refractivity contribution in [2.45, 2.75) is 44.2 Å². The minimum atomic E-state index is -4.51. The fraction of sp³-hybridized carbons (Fsp3) is 0.389. The number of hydrogen-bond donors (Lipinski definition) is 1. The maximum Gasteiger partial charge on any atom is 0.402 e. The number of pyridine rings is 1. The average Bonchev–Trinajstić information content (AvgIpc) is 2.54. The molecule has 0 bridgehead atoms. The third kappa shape index (κ3) is 3.08. The molecule has 1 aliphatic rings. The molecular weight excluding hydrogens is 372 g/mol. The van der Waals surface area contributed by atoms with Crippen molar-refractivity contribution in [3.8, 4) is 0 Å². The van der Waals surface area contributed by atoms with Crippen LogP contribution in [-0.4, -0.2) is 11.2 Å². The number of halogens is 5. The smallest absolute Gasteiger partial charge is 0.340 e. The first-order chi connectivity index (χ1) is 11.8. The summed E-state index contributed by atoms with van der Waals surface area (Å²) in [6.45, 7) is 1.96. The summed E-state index contributed by atoms with van der Waals surface area (Å²) in [5, 5.41) is 3.43.